The molecule has 8 N–H and O–H groups in total. The summed E-state index contributed by atoms with van der Waals surface area (Å²) < 4.78 is 30.9. The monoisotopic (exact) mass is 472 g/mol. The summed E-state index contributed by atoms with van der Waals surface area (Å²) in [7, 11) is 1.12. The molecule has 3 heterocycles. The highest BCUT2D eigenvalue weighted by Crippen LogP contribution is 2.29. The molecule has 0 bridgehead atoms. The van der Waals surface area contributed by atoms with Crippen molar-refractivity contribution in [3.63, 3.8) is 0 Å². The molecule has 15 heteroatoms. The lowest BCUT2D eigenvalue weighted by Crippen LogP contribution is -2.64. The second-order valence-corrected chi connectivity index (χ2v) is 7.68. The molecular formula is C17H28O15. The molecule has 0 unspecified atom stereocenters. The van der Waals surface area contributed by atoms with E-state index in [0.717, 1.165) is 7.11 Å². The average Bonchev–Trinajstić information content (AvgIpc) is 2.75. The van der Waals surface area contributed by atoms with E-state index in [1.165, 1.54) is 0 Å². The zero-order chi connectivity index (χ0) is 23.7. The fraction of sp³-hybridized carbons (Fsp3) is 0.941. The van der Waals surface area contributed by atoms with Crippen molar-refractivity contribution in [2.75, 3.05) is 20.3 Å². The number of ether oxygens (including phenoxy) is 6. The number of aliphatic carboxylic acids is 1. The topological polar surface area (TPSA) is 234 Å². The van der Waals surface area contributed by atoms with Gasteiger partial charge in [0.05, 0.1) is 13.2 Å². The maximum absolute atomic E-state index is 11.2. The first kappa shape index (κ1) is 25.6. The molecule has 3 saturated heterocycles. The van der Waals surface area contributed by atoms with Crippen molar-refractivity contribution in [2.24, 2.45) is 0 Å². The standard InChI is InChI=1S/C17H28O15/c1-27-11-10(23)12(15(26)31-13(11)14(24)25)32-17-9(22)7(20)5(3-29-17)30-16-8(21)6(19)4(18)2-28-16/h4-13,15-23,26H,2-3H2,1H3,(H,24,25)/t4-,5-,6+,7+,8-,9-,10+,11+,12-,13+,15+,16+,17+/m1/s1. The van der Waals surface area contributed by atoms with Crippen LogP contribution in [0.5, 0.6) is 0 Å². The third-order valence-electron chi connectivity index (χ3n) is 5.54. The van der Waals surface area contributed by atoms with Gasteiger partial charge in [0.1, 0.15) is 54.9 Å². The van der Waals surface area contributed by atoms with E-state index in [0.29, 0.717) is 0 Å². The van der Waals surface area contributed by atoms with Crippen LogP contribution in [0.2, 0.25) is 0 Å². The van der Waals surface area contributed by atoms with E-state index in [1.54, 1.807) is 0 Å². The molecular weight excluding hydrogens is 444 g/mol. The number of rotatable bonds is 6. The van der Waals surface area contributed by atoms with Crippen molar-refractivity contribution < 1.29 is 74.1 Å². The summed E-state index contributed by atoms with van der Waals surface area (Å²) in [5.74, 6) is -1.48. The van der Waals surface area contributed by atoms with Gasteiger partial charge in [-0.2, -0.15) is 0 Å². The average molecular weight is 472 g/mol. The Labute approximate surface area is 181 Å². The van der Waals surface area contributed by atoms with E-state index in [1.807, 2.05) is 0 Å². The molecule has 3 rings (SSSR count). The molecule has 186 valence electrons. The smallest absolute Gasteiger partial charge is 0.335 e. The number of carboxylic acids is 1. The Kier molecular flexibility index (Phi) is 8.37. The van der Waals surface area contributed by atoms with Crippen LogP contribution in [-0.2, 0) is 33.2 Å². The minimum Gasteiger partial charge on any atom is -0.479 e. The molecule has 3 fully saturated rings. The molecule has 0 aromatic heterocycles. The first-order chi connectivity index (χ1) is 15.1. The summed E-state index contributed by atoms with van der Waals surface area (Å²) in [5.41, 5.74) is 0. The summed E-state index contributed by atoms with van der Waals surface area (Å²) in [5, 5.41) is 79.4. The summed E-state index contributed by atoms with van der Waals surface area (Å²) in [6.45, 7) is -0.740. The molecule has 13 atom stereocenters. The van der Waals surface area contributed by atoms with Crippen LogP contribution in [0.1, 0.15) is 0 Å². The molecule has 3 aliphatic rings. The first-order valence-electron chi connectivity index (χ1n) is 9.78. The predicted molar refractivity (Wildman–Crippen MR) is 94.6 cm³/mol. The van der Waals surface area contributed by atoms with Crippen LogP contribution in [0.3, 0.4) is 0 Å². The highest BCUT2D eigenvalue weighted by Gasteiger charge is 2.52. The predicted octanol–water partition coefficient (Wildman–Crippen LogP) is -5.55. The molecule has 0 spiro atoms. The third-order valence-corrected chi connectivity index (χ3v) is 5.54. The van der Waals surface area contributed by atoms with Gasteiger partial charge in [-0.15, -0.1) is 0 Å². The number of carbonyl (C=O) groups is 1. The van der Waals surface area contributed by atoms with Crippen LogP contribution in [0.4, 0.5) is 0 Å². The van der Waals surface area contributed by atoms with Crippen molar-refractivity contribution in [1.82, 2.24) is 0 Å². The largest absolute Gasteiger partial charge is 0.479 e. The minimum atomic E-state index is -1.92. The van der Waals surface area contributed by atoms with Gasteiger partial charge in [0.25, 0.3) is 0 Å². The first-order valence-corrected chi connectivity index (χ1v) is 9.78. The summed E-state index contributed by atoms with van der Waals surface area (Å²) in [6, 6.07) is 0. The van der Waals surface area contributed by atoms with Crippen LogP contribution in [0.25, 0.3) is 0 Å². The second kappa shape index (κ2) is 10.5. The Morgan fingerprint density at radius 1 is 0.781 bits per heavy atom. The summed E-state index contributed by atoms with van der Waals surface area (Å²) in [4.78, 5) is 11.2. The van der Waals surface area contributed by atoms with Crippen LogP contribution < -0.4 is 0 Å². The van der Waals surface area contributed by atoms with Crippen molar-refractivity contribution >= 4 is 5.97 Å². The van der Waals surface area contributed by atoms with E-state index < -0.39 is 92.5 Å². The van der Waals surface area contributed by atoms with Crippen LogP contribution in [0.15, 0.2) is 0 Å². The van der Waals surface area contributed by atoms with E-state index in [-0.39, 0.29) is 6.61 Å². The Morgan fingerprint density at radius 2 is 1.38 bits per heavy atom. The van der Waals surface area contributed by atoms with Crippen LogP contribution in [-0.4, -0.2) is 147 Å². The zero-order valence-corrected chi connectivity index (χ0v) is 16.9. The SMILES string of the molecule is CO[C@H]1[C@H](O)[C@@H](O[C@@H]2OC[C@@H](O[C@@H]3OC[C@@H](O)[C@H](O)[C@H]3O)[C@H](O)[C@H]2O)[C@@H](O)O[C@@H]1C(=O)O. The molecule has 15 nitrogen and oxygen atoms in total. The van der Waals surface area contributed by atoms with E-state index in [2.05, 4.69) is 0 Å². The van der Waals surface area contributed by atoms with Crippen molar-refractivity contribution in [3.8, 4) is 0 Å². The molecule has 0 amide bonds. The van der Waals surface area contributed by atoms with Gasteiger partial charge >= 0.3 is 5.97 Å². The molecule has 32 heavy (non-hydrogen) atoms. The zero-order valence-electron chi connectivity index (χ0n) is 16.9. The lowest BCUT2D eigenvalue weighted by molar-refractivity contribution is -0.360. The van der Waals surface area contributed by atoms with Gasteiger partial charge in [-0.1, -0.05) is 0 Å². The minimum absolute atomic E-state index is 0.337. The number of aliphatic hydroxyl groups excluding tert-OH is 7. The highest BCUT2D eigenvalue weighted by atomic mass is 16.7. The molecule has 0 saturated carbocycles. The van der Waals surface area contributed by atoms with Gasteiger partial charge in [-0.05, 0) is 0 Å². The maximum Gasteiger partial charge on any atom is 0.335 e. The fourth-order valence-corrected chi connectivity index (χ4v) is 3.68. The van der Waals surface area contributed by atoms with Gasteiger partial charge in [0.2, 0.25) is 0 Å². The van der Waals surface area contributed by atoms with Crippen molar-refractivity contribution in [2.45, 2.75) is 79.9 Å². The third kappa shape index (κ3) is 5.05. The molecule has 0 aromatic carbocycles. The Balaban J connectivity index is 1.60. The van der Waals surface area contributed by atoms with Crippen molar-refractivity contribution in [1.29, 1.82) is 0 Å². The van der Waals surface area contributed by atoms with Gasteiger partial charge in [0.15, 0.2) is 25.0 Å². The quantitative estimate of drug-likeness (QED) is 0.180. The van der Waals surface area contributed by atoms with E-state index in [4.69, 9.17) is 33.5 Å². The molecule has 0 radical (unpaired) electrons. The Hall–Kier alpha value is -1.05. The van der Waals surface area contributed by atoms with Crippen LogP contribution in [0, 0.1) is 0 Å². The van der Waals surface area contributed by atoms with Gasteiger partial charge in [-0.3, -0.25) is 0 Å². The lowest BCUT2D eigenvalue weighted by atomic mass is 9.98. The Morgan fingerprint density at radius 3 is 2.00 bits per heavy atom. The maximum atomic E-state index is 11.2. The normalized spacial score (nSPS) is 50.2. The highest BCUT2D eigenvalue weighted by molar-refractivity contribution is 5.73. The number of aliphatic hydroxyl groups is 7. The van der Waals surface area contributed by atoms with Gasteiger partial charge in [0, 0.05) is 7.11 Å². The fourth-order valence-electron chi connectivity index (χ4n) is 3.68. The van der Waals surface area contributed by atoms with Gasteiger partial charge < -0.3 is 69.3 Å². The molecule has 0 aromatic rings. The Bertz CT molecular complexity index is 635. The van der Waals surface area contributed by atoms with Gasteiger partial charge in [-0.25, -0.2) is 4.79 Å². The van der Waals surface area contributed by atoms with E-state index in [9.17, 15) is 40.5 Å². The summed E-state index contributed by atoms with van der Waals surface area (Å²) >= 11 is 0. The lowest BCUT2D eigenvalue weighted by Gasteiger charge is -2.44. The number of methoxy groups -OCH3 is 1. The van der Waals surface area contributed by atoms with E-state index >= 15 is 0 Å². The number of hydrogen-bond donors (Lipinski definition) is 8. The number of carboxylic acid groups (broad SMARTS) is 1. The molecule has 3 aliphatic heterocycles. The molecule has 0 aliphatic carbocycles. The summed E-state index contributed by atoms with van der Waals surface area (Å²) in [6.07, 6.45) is -20.5. The number of hydrogen-bond acceptors (Lipinski definition) is 14. The second-order valence-electron chi connectivity index (χ2n) is 7.68. The van der Waals surface area contributed by atoms with Crippen LogP contribution >= 0.6 is 0 Å². The van der Waals surface area contributed by atoms with Crippen molar-refractivity contribution in [3.05, 3.63) is 0 Å².